The zero-order valence-electron chi connectivity index (χ0n) is 75.1. The van der Waals surface area contributed by atoms with Crippen molar-refractivity contribution in [3.63, 3.8) is 0 Å². The van der Waals surface area contributed by atoms with Crippen molar-refractivity contribution in [3.8, 4) is 22.5 Å². The predicted molar refractivity (Wildman–Crippen MR) is 470 cm³/mol. The van der Waals surface area contributed by atoms with Crippen LogP contribution in [-0.4, -0.2) is 302 Å². The van der Waals surface area contributed by atoms with Gasteiger partial charge in [0.05, 0.1) is 173 Å². The first kappa shape index (κ1) is 109. The Morgan fingerprint density at radius 3 is 1.69 bits per heavy atom. The van der Waals surface area contributed by atoms with Crippen LogP contribution in [0.25, 0.3) is 34.0 Å². The Morgan fingerprint density at radius 2 is 1.14 bits per heavy atom. The van der Waals surface area contributed by atoms with E-state index in [0.717, 1.165) is 33.5 Å². The van der Waals surface area contributed by atoms with Gasteiger partial charge in [-0.3, -0.25) is 43.3 Å². The minimum absolute atomic E-state index is 0. The van der Waals surface area contributed by atoms with Gasteiger partial charge in [0, 0.05) is 118 Å². The number of benzene rings is 3. The molecule has 0 saturated carbocycles. The van der Waals surface area contributed by atoms with Crippen LogP contribution in [-0.2, 0) is 138 Å². The molecule has 4 heterocycles. The number of methoxy groups -OCH3 is 2. The first-order valence-electron chi connectivity index (χ1n) is 42.9. The summed E-state index contributed by atoms with van der Waals surface area (Å²) in [5, 5.41) is 30.6. The second kappa shape index (κ2) is 61.0. The van der Waals surface area contributed by atoms with Crippen molar-refractivity contribution in [1.29, 1.82) is 0 Å². The molecule has 1 saturated heterocycles. The van der Waals surface area contributed by atoms with Crippen molar-refractivity contribution in [3.05, 3.63) is 139 Å². The summed E-state index contributed by atoms with van der Waals surface area (Å²) < 4.78 is 59.4. The molecule has 0 unspecified atom stereocenters. The van der Waals surface area contributed by atoms with Crippen LogP contribution in [0.15, 0.2) is 103 Å². The van der Waals surface area contributed by atoms with Crippen LogP contribution in [0.3, 0.4) is 0 Å². The van der Waals surface area contributed by atoms with Gasteiger partial charge in [0.2, 0.25) is 47.3 Å². The SMILES string of the molecule is CC[C@H](C)[C@@H]([C@@H](CC(=O)N1CCC[C@H]1[C@H](OC)[C@@H](C)C(=O)N[C@@H](Cc1ccccc1)C(=O)O)OC)N(C)C(=O)[C@@H](NC(=O)[C@H](C(C)C)N(C)C(=O)CCOCCOCCOCCOCCNC(=O)CCC(=O)N1Cc2ccccc2-c2nnn(CCOCCOCCOCCOCCNC(=O)CCc3ccncc3)c2-c2ccccc21)C(C)C.[CH3-].[NH-]CC[NH-].[Pt]. The number of carbonyl (C=O) groups is 9. The number of rotatable bonds is 58. The second-order valence-electron chi connectivity index (χ2n) is 31.0. The van der Waals surface area contributed by atoms with E-state index in [1.165, 1.54) is 19.1 Å². The smallest absolute Gasteiger partial charge is 0.326 e. The van der Waals surface area contributed by atoms with Gasteiger partial charge < -0.3 is 112 Å². The fourth-order valence-corrected chi connectivity index (χ4v) is 14.8. The number of aryl methyl sites for hydroxylation is 1. The van der Waals surface area contributed by atoms with E-state index < -0.39 is 66.1 Å². The quantitative estimate of drug-likeness (QED) is 0.0182. The number of pyridine rings is 1. The van der Waals surface area contributed by atoms with E-state index in [9.17, 15) is 48.3 Å². The molecule has 3 aromatic carbocycles. The van der Waals surface area contributed by atoms with Gasteiger partial charge in [-0.25, -0.2) is 9.48 Å². The molecule has 5 aromatic rings. The number of fused-ring (bicyclic) bond motifs is 5. The van der Waals surface area contributed by atoms with Crippen LogP contribution in [0.2, 0.25) is 0 Å². The number of hydrogen-bond donors (Lipinski definition) is 5. The molecule has 125 heavy (non-hydrogen) atoms. The summed E-state index contributed by atoms with van der Waals surface area (Å²) in [6, 6.07) is 24.0. The Balaban J connectivity index is 0.00000534. The van der Waals surface area contributed by atoms with Gasteiger partial charge >= 0.3 is 5.97 Å². The number of amides is 8. The summed E-state index contributed by atoms with van der Waals surface area (Å²) in [5.41, 5.74) is 18.9. The van der Waals surface area contributed by atoms with Crippen LogP contribution in [0, 0.1) is 31.1 Å². The van der Waals surface area contributed by atoms with Gasteiger partial charge in [0.25, 0.3) is 0 Å². The molecule has 7 rings (SSSR count). The van der Waals surface area contributed by atoms with Crippen LogP contribution in [0.4, 0.5) is 5.69 Å². The summed E-state index contributed by atoms with van der Waals surface area (Å²) in [7, 11) is 6.18. The molecule has 700 valence electrons. The minimum Gasteiger partial charge on any atom is -0.679 e. The van der Waals surface area contributed by atoms with Gasteiger partial charge in [0.1, 0.15) is 23.8 Å². The maximum Gasteiger partial charge on any atom is 0.326 e. The van der Waals surface area contributed by atoms with Gasteiger partial charge in [0.15, 0.2) is 0 Å². The molecule has 1 fully saturated rings. The zero-order valence-corrected chi connectivity index (χ0v) is 77.4. The molecule has 2 aliphatic rings. The average Bonchev–Trinajstić information content (AvgIpc) is 1.66. The molecule has 0 aliphatic carbocycles. The zero-order chi connectivity index (χ0) is 89.4. The topological polar surface area (TPSA) is 418 Å². The number of likely N-dealkylation sites (tertiary alicyclic amines) is 1. The molecular formula is C90H137N14O20Pt-3. The fourth-order valence-electron chi connectivity index (χ4n) is 14.8. The summed E-state index contributed by atoms with van der Waals surface area (Å²) in [5.74, 6) is -5.39. The predicted octanol–water partition coefficient (Wildman–Crippen LogP) is 7.92. The summed E-state index contributed by atoms with van der Waals surface area (Å²) in [4.78, 5) is 133. The van der Waals surface area contributed by atoms with Gasteiger partial charge in [-0.2, -0.15) is 13.1 Å². The van der Waals surface area contributed by atoms with E-state index in [1.807, 2.05) is 108 Å². The van der Waals surface area contributed by atoms with Crippen LogP contribution >= 0.6 is 0 Å². The molecule has 34 nitrogen and oxygen atoms in total. The number of nitrogens with one attached hydrogen (secondary N) is 6. The Morgan fingerprint density at radius 1 is 0.592 bits per heavy atom. The number of hydrogen-bond acceptors (Lipinski definition) is 22. The number of ether oxygens (including phenoxy) is 10. The van der Waals surface area contributed by atoms with Gasteiger partial charge in [-0.1, -0.05) is 133 Å². The molecule has 7 N–H and O–H groups in total. The van der Waals surface area contributed by atoms with Crippen molar-refractivity contribution in [2.24, 2.45) is 23.7 Å². The standard InChI is InChI=1S/C87H128N12O20.C2H6N2.CH3.Pt/c1-12-62(6)81(72(110-10)58-77(104)97-39-20-27-71(97)83(111-11)63(7)84(105)91-69(87(108)109)57-65-21-14-13-15-22-65)96(9)86(107)78(60(2)3)92-85(106)80(61(4)5)95(8)75(102)34-41-112-45-49-116-53-54-117-51-47-114-43-38-90-74(101)30-31-76(103)98-59-66-23-16-17-24-67(66)79-82(68-25-18-19-26-70(68)98)99(94-93-79)40-44-115-48-52-119-56-55-118-50-46-113-42-37-89-73(100)29-28-64-32-35-88-36-33-64;3-1-2-4;;/h13-19,21-26,32-33,35-36,60-63,69,71-72,78,80-81,83H,12,20,27-31,34,37-59H2,1-11H3,(H,89,100)(H,90,101)(H,91,105)(H,92,106)(H,108,109);3-4H,1-2H2;1H3;/q;-2;-1;/t62-,63+,69-,71-,72+,78-,80-,81-,83+;;;/m0.../s1. The first-order chi connectivity index (χ1) is 59.4. The number of aliphatic carboxylic acids is 1. The molecule has 0 bridgehead atoms. The van der Waals surface area contributed by atoms with Gasteiger partial charge in [-0.15, -0.1) is 5.10 Å². The van der Waals surface area contributed by atoms with E-state index >= 15 is 0 Å². The summed E-state index contributed by atoms with van der Waals surface area (Å²) >= 11 is 0. The Labute approximate surface area is 752 Å². The summed E-state index contributed by atoms with van der Waals surface area (Å²) in [6.45, 7) is 20.1. The Kier molecular flexibility index (Phi) is 53.0. The average molecular weight is 1930 g/mol. The number of nitrogens with zero attached hydrogens (tertiary/aromatic N) is 8. The van der Waals surface area contributed by atoms with E-state index in [1.54, 1.807) is 77.1 Å². The normalized spacial score (nSPS) is 14.7. The number of carboxylic acids is 1. The molecule has 0 radical (unpaired) electrons. The maximum absolute atomic E-state index is 14.8. The minimum atomic E-state index is -1.18. The number of carboxylic acid groups (broad SMARTS) is 1. The molecule has 8 amide bonds. The van der Waals surface area contributed by atoms with Crippen LogP contribution < -0.4 is 26.2 Å². The van der Waals surface area contributed by atoms with E-state index in [4.69, 9.17) is 58.8 Å². The van der Waals surface area contributed by atoms with Crippen LogP contribution in [0.1, 0.15) is 117 Å². The summed E-state index contributed by atoms with van der Waals surface area (Å²) in [6.07, 6.45) is 4.69. The number of carbonyl (C=O) groups excluding carboxylic acids is 8. The van der Waals surface area contributed by atoms with Crippen molar-refractivity contribution in [2.45, 2.75) is 168 Å². The van der Waals surface area contributed by atoms with E-state index in [2.05, 4.69) is 36.6 Å². The third-order valence-electron chi connectivity index (χ3n) is 21.5. The molecule has 2 aliphatic heterocycles. The third kappa shape index (κ3) is 36.6. The number of anilines is 1. The van der Waals surface area contributed by atoms with E-state index in [-0.39, 0.29) is 186 Å². The number of para-hydroxylation sites is 1. The monoisotopic (exact) mass is 1930 g/mol. The van der Waals surface area contributed by atoms with Crippen molar-refractivity contribution in [2.75, 3.05) is 172 Å². The Bertz CT molecular complexity index is 3970. The molecular weight excluding hydrogens is 1790 g/mol. The first-order valence-corrected chi connectivity index (χ1v) is 42.9. The Hall–Kier alpha value is -8.61. The second-order valence-corrected chi connectivity index (χ2v) is 31.0. The third-order valence-corrected chi connectivity index (χ3v) is 21.5. The van der Waals surface area contributed by atoms with E-state index in [0.29, 0.717) is 123 Å². The van der Waals surface area contributed by atoms with Crippen molar-refractivity contribution in [1.82, 2.24) is 55.9 Å². The van der Waals surface area contributed by atoms with Gasteiger partial charge in [-0.05, 0) is 71.9 Å². The molecule has 35 heteroatoms. The number of likely N-dealkylation sites (N-methyl/N-ethyl adjacent to an activating group) is 2. The molecule has 0 spiro atoms. The molecule has 9 atom stereocenters. The largest absolute Gasteiger partial charge is 0.679 e. The van der Waals surface area contributed by atoms with Crippen molar-refractivity contribution >= 4 is 58.9 Å². The fraction of sp³-hybridized carbons (Fsp3) is 0.611. The van der Waals surface area contributed by atoms with Crippen molar-refractivity contribution < 1.29 is 117 Å². The molecule has 2 aromatic heterocycles. The maximum atomic E-state index is 14.8. The number of aromatic nitrogens is 4. The van der Waals surface area contributed by atoms with Crippen LogP contribution in [0.5, 0.6) is 0 Å².